The highest BCUT2D eigenvalue weighted by Gasteiger charge is 2.08. The molecule has 1 rings (SSSR count). The van der Waals surface area contributed by atoms with E-state index < -0.39 is 0 Å². The summed E-state index contributed by atoms with van der Waals surface area (Å²) in [6.07, 6.45) is 0. The third kappa shape index (κ3) is 1.83. The van der Waals surface area contributed by atoms with Crippen LogP contribution in [0.3, 0.4) is 0 Å². The SMILES string of the molecule is CCOC(=O)c1csc(C#N)c1. The van der Waals surface area contributed by atoms with Gasteiger partial charge in [-0.2, -0.15) is 5.26 Å². The Kier molecular flexibility index (Phi) is 2.83. The van der Waals surface area contributed by atoms with Crippen LogP contribution in [0.2, 0.25) is 0 Å². The molecule has 4 heteroatoms. The molecule has 0 aliphatic heterocycles. The van der Waals surface area contributed by atoms with Crippen molar-refractivity contribution in [3.8, 4) is 6.07 Å². The number of ether oxygens (including phenoxy) is 1. The Balaban J connectivity index is 2.76. The third-order valence-electron chi connectivity index (χ3n) is 1.22. The van der Waals surface area contributed by atoms with Gasteiger partial charge in [0.2, 0.25) is 0 Å². The minimum absolute atomic E-state index is 0.358. The van der Waals surface area contributed by atoms with E-state index in [1.165, 1.54) is 17.4 Å². The van der Waals surface area contributed by atoms with Crippen molar-refractivity contribution in [2.45, 2.75) is 6.92 Å². The van der Waals surface area contributed by atoms with Crippen LogP contribution in [0, 0.1) is 11.3 Å². The zero-order valence-corrected chi connectivity index (χ0v) is 7.35. The number of hydrogen-bond acceptors (Lipinski definition) is 4. The Morgan fingerprint density at radius 3 is 3.08 bits per heavy atom. The van der Waals surface area contributed by atoms with E-state index in [4.69, 9.17) is 10.00 Å². The van der Waals surface area contributed by atoms with E-state index in [0.717, 1.165) is 0 Å². The quantitative estimate of drug-likeness (QED) is 0.653. The Morgan fingerprint density at radius 2 is 2.58 bits per heavy atom. The van der Waals surface area contributed by atoms with Gasteiger partial charge in [-0.15, -0.1) is 11.3 Å². The van der Waals surface area contributed by atoms with E-state index in [1.54, 1.807) is 12.3 Å². The number of thiophene rings is 1. The second kappa shape index (κ2) is 3.88. The molecule has 1 aromatic heterocycles. The maximum absolute atomic E-state index is 11.0. The Labute approximate surface area is 74.2 Å². The van der Waals surface area contributed by atoms with Crippen LogP contribution in [0.25, 0.3) is 0 Å². The zero-order chi connectivity index (χ0) is 8.97. The van der Waals surface area contributed by atoms with Crippen LogP contribution in [-0.4, -0.2) is 12.6 Å². The van der Waals surface area contributed by atoms with Gasteiger partial charge in [0.25, 0.3) is 0 Å². The summed E-state index contributed by atoms with van der Waals surface area (Å²) >= 11 is 1.24. The second-order valence-corrected chi connectivity index (χ2v) is 2.94. The highest BCUT2D eigenvalue weighted by molar-refractivity contribution is 7.10. The van der Waals surface area contributed by atoms with Gasteiger partial charge in [-0.05, 0) is 13.0 Å². The normalized spacial score (nSPS) is 9.00. The maximum Gasteiger partial charge on any atom is 0.339 e. The Morgan fingerprint density at radius 1 is 1.83 bits per heavy atom. The molecule has 0 saturated carbocycles. The lowest BCUT2D eigenvalue weighted by Crippen LogP contribution is -2.02. The summed E-state index contributed by atoms with van der Waals surface area (Å²) in [6.45, 7) is 2.10. The van der Waals surface area contributed by atoms with Crippen LogP contribution in [0.5, 0.6) is 0 Å². The minimum Gasteiger partial charge on any atom is -0.462 e. The largest absolute Gasteiger partial charge is 0.462 e. The fraction of sp³-hybridized carbons (Fsp3) is 0.250. The molecule has 0 radical (unpaired) electrons. The number of nitriles is 1. The molecule has 0 bridgehead atoms. The summed E-state index contributed by atoms with van der Waals surface area (Å²) in [7, 11) is 0. The second-order valence-electron chi connectivity index (χ2n) is 2.03. The van der Waals surface area contributed by atoms with Crippen molar-refractivity contribution in [2.24, 2.45) is 0 Å². The average Bonchev–Trinajstić information content (AvgIpc) is 2.52. The molecule has 0 aliphatic carbocycles. The van der Waals surface area contributed by atoms with Crippen molar-refractivity contribution in [3.05, 3.63) is 21.9 Å². The van der Waals surface area contributed by atoms with E-state index >= 15 is 0 Å². The summed E-state index contributed by atoms with van der Waals surface area (Å²) in [5.74, 6) is -0.366. The highest BCUT2D eigenvalue weighted by Crippen LogP contribution is 2.13. The van der Waals surface area contributed by atoms with Crippen LogP contribution in [0.4, 0.5) is 0 Å². The van der Waals surface area contributed by atoms with Gasteiger partial charge in [0.15, 0.2) is 0 Å². The van der Waals surface area contributed by atoms with Gasteiger partial charge in [-0.1, -0.05) is 0 Å². The lowest BCUT2D eigenvalue weighted by atomic mass is 10.3. The van der Waals surface area contributed by atoms with Crippen molar-refractivity contribution >= 4 is 17.3 Å². The Bertz CT molecular complexity index is 324. The van der Waals surface area contributed by atoms with Gasteiger partial charge < -0.3 is 4.74 Å². The summed E-state index contributed by atoms with van der Waals surface area (Å²) < 4.78 is 4.74. The van der Waals surface area contributed by atoms with Gasteiger partial charge >= 0.3 is 5.97 Å². The standard InChI is InChI=1S/C8H7NO2S/c1-2-11-8(10)6-3-7(4-9)12-5-6/h3,5H,2H2,1H3. The number of nitrogens with zero attached hydrogens (tertiary/aromatic N) is 1. The molecular formula is C8H7NO2S. The van der Waals surface area contributed by atoms with E-state index in [9.17, 15) is 4.79 Å². The number of carbonyl (C=O) groups excluding carboxylic acids is 1. The molecule has 0 amide bonds. The molecule has 0 N–H and O–H groups in total. The summed E-state index contributed by atoms with van der Waals surface area (Å²) in [5.41, 5.74) is 0.457. The first-order chi connectivity index (χ1) is 5.77. The smallest absolute Gasteiger partial charge is 0.339 e. The predicted molar refractivity (Wildman–Crippen MR) is 45.0 cm³/mol. The molecule has 0 atom stereocenters. The summed E-state index contributed by atoms with van der Waals surface area (Å²) in [6, 6.07) is 3.49. The molecule has 0 spiro atoms. The van der Waals surface area contributed by atoms with Gasteiger partial charge in [0, 0.05) is 5.38 Å². The fourth-order valence-corrected chi connectivity index (χ4v) is 1.38. The zero-order valence-electron chi connectivity index (χ0n) is 6.53. The van der Waals surface area contributed by atoms with Crippen molar-refractivity contribution in [1.82, 2.24) is 0 Å². The topological polar surface area (TPSA) is 50.1 Å². The molecule has 62 valence electrons. The van der Waals surface area contributed by atoms with Crippen LogP contribution in [0.1, 0.15) is 22.2 Å². The first-order valence-electron chi connectivity index (χ1n) is 3.43. The number of esters is 1. The highest BCUT2D eigenvalue weighted by atomic mass is 32.1. The van der Waals surface area contributed by atoms with Crippen LogP contribution in [0.15, 0.2) is 11.4 Å². The van der Waals surface area contributed by atoms with Gasteiger partial charge in [0.1, 0.15) is 10.9 Å². The van der Waals surface area contributed by atoms with Gasteiger partial charge in [-0.25, -0.2) is 4.79 Å². The molecule has 1 heterocycles. The third-order valence-corrected chi connectivity index (χ3v) is 2.06. The van der Waals surface area contributed by atoms with Crippen LogP contribution in [-0.2, 0) is 4.74 Å². The fourth-order valence-electron chi connectivity index (χ4n) is 0.716. The van der Waals surface area contributed by atoms with E-state index in [0.29, 0.717) is 17.0 Å². The number of hydrogen-bond donors (Lipinski definition) is 0. The van der Waals surface area contributed by atoms with Crippen LogP contribution < -0.4 is 0 Å². The molecule has 0 aromatic carbocycles. The first-order valence-corrected chi connectivity index (χ1v) is 4.31. The molecule has 0 aliphatic rings. The molecule has 0 unspecified atom stereocenters. The van der Waals surface area contributed by atoms with Gasteiger partial charge in [0.05, 0.1) is 12.2 Å². The lowest BCUT2D eigenvalue weighted by molar-refractivity contribution is 0.0527. The van der Waals surface area contributed by atoms with E-state index in [2.05, 4.69) is 0 Å². The minimum atomic E-state index is -0.366. The van der Waals surface area contributed by atoms with Crippen LogP contribution >= 0.6 is 11.3 Å². The summed E-state index contributed by atoms with van der Waals surface area (Å²) in [4.78, 5) is 11.6. The monoisotopic (exact) mass is 181 g/mol. The molecule has 3 nitrogen and oxygen atoms in total. The van der Waals surface area contributed by atoms with Crippen molar-refractivity contribution in [3.63, 3.8) is 0 Å². The lowest BCUT2D eigenvalue weighted by Gasteiger charge is -1.96. The van der Waals surface area contributed by atoms with E-state index in [1.807, 2.05) is 6.07 Å². The Hall–Kier alpha value is -1.34. The maximum atomic E-state index is 11.0. The number of carbonyl (C=O) groups is 1. The molecule has 0 saturated heterocycles. The average molecular weight is 181 g/mol. The first kappa shape index (κ1) is 8.75. The molecule has 0 fully saturated rings. The van der Waals surface area contributed by atoms with Crippen molar-refractivity contribution in [2.75, 3.05) is 6.61 Å². The molecule has 12 heavy (non-hydrogen) atoms. The summed E-state index contributed by atoms with van der Waals surface area (Å²) in [5, 5.41) is 10.1. The molecular weight excluding hydrogens is 174 g/mol. The van der Waals surface area contributed by atoms with Crippen molar-refractivity contribution in [1.29, 1.82) is 5.26 Å². The van der Waals surface area contributed by atoms with Gasteiger partial charge in [-0.3, -0.25) is 0 Å². The van der Waals surface area contributed by atoms with E-state index in [-0.39, 0.29) is 5.97 Å². The molecule has 1 aromatic rings. The number of rotatable bonds is 2. The van der Waals surface area contributed by atoms with Crippen molar-refractivity contribution < 1.29 is 9.53 Å². The predicted octanol–water partition coefficient (Wildman–Crippen LogP) is 1.80.